The summed E-state index contributed by atoms with van der Waals surface area (Å²) >= 11 is 0. The molecule has 21 heavy (non-hydrogen) atoms. The van der Waals surface area contributed by atoms with Gasteiger partial charge in [0.05, 0.1) is 17.6 Å². The number of aromatic amines is 1. The van der Waals surface area contributed by atoms with Gasteiger partial charge in [-0.15, -0.1) is 0 Å². The van der Waals surface area contributed by atoms with Crippen molar-refractivity contribution in [1.82, 2.24) is 25.1 Å². The van der Waals surface area contributed by atoms with Crippen LogP contribution in [0.1, 0.15) is 22.0 Å². The Bertz CT molecular complexity index is 790. The summed E-state index contributed by atoms with van der Waals surface area (Å²) in [4.78, 5) is 22.7. The number of benzene rings is 1. The maximum atomic E-state index is 12.6. The minimum atomic E-state index is -0.0956. The van der Waals surface area contributed by atoms with E-state index in [-0.39, 0.29) is 5.91 Å². The Morgan fingerprint density at radius 3 is 2.86 bits per heavy atom. The van der Waals surface area contributed by atoms with Crippen molar-refractivity contribution in [2.24, 2.45) is 0 Å². The quantitative estimate of drug-likeness (QED) is 0.796. The Hall–Kier alpha value is -2.76. The molecule has 0 atom stereocenters. The molecule has 0 saturated heterocycles. The number of carbonyl (C=O) groups is 1. The van der Waals surface area contributed by atoms with Crippen LogP contribution in [0.4, 0.5) is 0 Å². The third-order valence-electron chi connectivity index (χ3n) is 3.23. The van der Waals surface area contributed by atoms with E-state index in [4.69, 9.17) is 0 Å². The van der Waals surface area contributed by atoms with Crippen molar-refractivity contribution in [2.75, 3.05) is 7.05 Å². The highest BCUT2D eigenvalue weighted by atomic mass is 16.2. The Morgan fingerprint density at radius 2 is 2.10 bits per heavy atom. The smallest absolute Gasteiger partial charge is 0.256 e. The third-order valence-corrected chi connectivity index (χ3v) is 3.23. The summed E-state index contributed by atoms with van der Waals surface area (Å²) in [7, 11) is 1.73. The Kier molecular flexibility index (Phi) is 3.35. The van der Waals surface area contributed by atoms with Crippen LogP contribution in [-0.4, -0.2) is 38.0 Å². The van der Waals surface area contributed by atoms with Crippen LogP contribution < -0.4 is 0 Å². The summed E-state index contributed by atoms with van der Waals surface area (Å²) in [5, 5.41) is 7.77. The van der Waals surface area contributed by atoms with Gasteiger partial charge in [-0.25, -0.2) is 4.98 Å². The second-order valence-electron chi connectivity index (χ2n) is 4.88. The second-order valence-corrected chi connectivity index (χ2v) is 4.88. The van der Waals surface area contributed by atoms with Crippen LogP contribution in [0, 0.1) is 6.92 Å². The zero-order valence-corrected chi connectivity index (χ0v) is 11.9. The first-order valence-electron chi connectivity index (χ1n) is 6.62. The van der Waals surface area contributed by atoms with Crippen molar-refractivity contribution in [3.05, 3.63) is 53.7 Å². The zero-order valence-electron chi connectivity index (χ0n) is 11.9. The van der Waals surface area contributed by atoms with E-state index in [2.05, 4.69) is 20.2 Å². The van der Waals surface area contributed by atoms with Crippen LogP contribution in [0.15, 0.2) is 36.5 Å². The molecule has 3 aromatic rings. The van der Waals surface area contributed by atoms with Gasteiger partial charge >= 0.3 is 0 Å². The lowest BCUT2D eigenvalue weighted by atomic mass is 10.1. The SMILES string of the molecule is Cc1nc(CN(C)C(=O)c2cccc3cccnc23)n[nH]1. The van der Waals surface area contributed by atoms with Gasteiger partial charge in [-0.2, -0.15) is 5.10 Å². The number of aryl methyl sites for hydroxylation is 1. The molecule has 3 rings (SSSR count). The van der Waals surface area contributed by atoms with Gasteiger partial charge in [-0.3, -0.25) is 14.9 Å². The molecule has 106 valence electrons. The van der Waals surface area contributed by atoms with Gasteiger partial charge in [0, 0.05) is 18.6 Å². The van der Waals surface area contributed by atoms with Crippen LogP contribution in [-0.2, 0) is 6.54 Å². The Morgan fingerprint density at radius 1 is 1.29 bits per heavy atom. The Labute approximate surface area is 121 Å². The van der Waals surface area contributed by atoms with Crippen LogP contribution in [0.25, 0.3) is 10.9 Å². The number of carbonyl (C=O) groups excluding carboxylic acids is 1. The van der Waals surface area contributed by atoms with Crippen LogP contribution in [0.5, 0.6) is 0 Å². The molecule has 0 unspecified atom stereocenters. The number of fused-ring (bicyclic) bond motifs is 1. The summed E-state index contributed by atoms with van der Waals surface area (Å²) in [5.41, 5.74) is 1.30. The van der Waals surface area contributed by atoms with E-state index in [1.807, 2.05) is 31.2 Å². The predicted octanol–water partition coefficient (Wildman–Crippen LogP) is 1.93. The lowest BCUT2D eigenvalue weighted by Crippen LogP contribution is -2.27. The predicted molar refractivity (Wildman–Crippen MR) is 78.7 cm³/mol. The molecule has 0 aliphatic heterocycles. The highest BCUT2D eigenvalue weighted by Gasteiger charge is 2.16. The molecule has 0 bridgehead atoms. The number of pyridine rings is 1. The van der Waals surface area contributed by atoms with Crippen molar-refractivity contribution in [1.29, 1.82) is 0 Å². The molecular formula is C15H15N5O. The van der Waals surface area contributed by atoms with Gasteiger partial charge in [0.25, 0.3) is 5.91 Å². The first-order valence-corrected chi connectivity index (χ1v) is 6.62. The fraction of sp³-hybridized carbons (Fsp3) is 0.200. The number of nitrogens with zero attached hydrogens (tertiary/aromatic N) is 4. The monoisotopic (exact) mass is 281 g/mol. The van der Waals surface area contributed by atoms with Crippen molar-refractivity contribution in [3.63, 3.8) is 0 Å². The van der Waals surface area contributed by atoms with Crippen molar-refractivity contribution in [3.8, 4) is 0 Å². The first kappa shape index (κ1) is 13.2. The maximum absolute atomic E-state index is 12.6. The molecule has 0 saturated carbocycles. The van der Waals surface area contributed by atoms with Crippen molar-refractivity contribution < 1.29 is 4.79 Å². The molecule has 0 radical (unpaired) electrons. The number of nitrogens with one attached hydrogen (secondary N) is 1. The van der Waals surface area contributed by atoms with E-state index in [0.29, 0.717) is 23.4 Å². The molecule has 6 nitrogen and oxygen atoms in total. The highest BCUT2D eigenvalue weighted by Crippen LogP contribution is 2.17. The van der Waals surface area contributed by atoms with E-state index in [0.717, 1.165) is 11.2 Å². The van der Waals surface area contributed by atoms with E-state index >= 15 is 0 Å². The van der Waals surface area contributed by atoms with Crippen LogP contribution in [0.2, 0.25) is 0 Å². The number of amides is 1. The maximum Gasteiger partial charge on any atom is 0.256 e. The van der Waals surface area contributed by atoms with Gasteiger partial charge in [-0.1, -0.05) is 18.2 Å². The van der Waals surface area contributed by atoms with Gasteiger partial charge in [0.1, 0.15) is 5.82 Å². The summed E-state index contributed by atoms with van der Waals surface area (Å²) in [6.07, 6.45) is 1.69. The molecular weight excluding hydrogens is 266 g/mol. The molecule has 6 heteroatoms. The fourth-order valence-corrected chi connectivity index (χ4v) is 2.23. The van der Waals surface area contributed by atoms with Gasteiger partial charge in [0.15, 0.2) is 5.82 Å². The molecule has 0 fully saturated rings. The molecule has 2 aromatic heterocycles. The zero-order chi connectivity index (χ0) is 14.8. The molecule has 0 spiro atoms. The number of para-hydroxylation sites is 1. The second kappa shape index (κ2) is 5.32. The number of H-pyrrole nitrogens is 1. The average molecular weight is 281 g/mol. The van der Waals surface area contributed by atoms with Gasteiger partial charge in [-0.05, 0) is 19.1 Å². The molecule has 1 aromatic carbocycles. The fourth-order valence-electron chi connectivity index (χ4n) is 2.23. The van der Waals surface area contributed by atoms with Gasteiger partial charge in [0.2, 0.25) is 0 Å². The summed E-state index contributed by atoms with van der Waals surface area (Å²) in [6.45, 7) is 2.18. The lowest BCUT2D eigenvalue weighted by Gasteiger charge is -2.16. The normalized spacial score (nSPS) is 10.8. The highest BCUT2D eigenvalue weighted by molar-refractivity contribution is 6.05. The van der Waals surface area contributed by atoms with E-state index in [9.17, 15) is 4.79 Å². The summed E-state index contributed by atoms with van der Waals surface area (Å²) in [5.74, 6) is 1.23. The third kappa shape index (κ3) is 2.60. The molecule has 2 heterocycles. The van der Waals surface area contributed by atoms with Crippen LogP contribution >= 0.6 is 0 Å². The Balaban J connectivity index is 1.89. The van der Waals surface area contributed by atoms with Gasteiger partial charge < -0.3 is 4.90 Å². The molecule has 0 aliphatic carbocycles. The van der Waals surface area contributed by atoms with E-state index in [1.54, 1.807) is 24.2 Å². The first-order chi connectivity index (χ1) is 10.1. The summed E-state index contributed by atoms with van der Waals surface area (Å²) < 4.78 is 0. The van der Waals surface area contributed by atoms with Crippen LogP contribution in [0.3, 0.4) is 0 Å². The number of aromatic nitrogens is 4. The number of hydrogen-bond acceptors (Lipinski definition) is 4. The standard InChI is InChI=1S/C15H15N5O/c1-10-17-13(19-18-10)9-20(2)15(21)12-7-3-5-11-6-4-8-16-14(11)12/h3-8H,9H2,1-2H3,(H,17,18,19). The number of hydrogen-bond donors (Lipinski definition) is 1. The summed E-state index contributed by atoms with van der Waals surface area (Å²) in [6, 6.07) is 9.39. The average Bonchev–Trinajstić information content (AvgIpc) is 2.91. The van der Waals surface area contributed by atoms with E-state index in [1.165, 1.54) is 0 Å². The minimum Gasteiger partial charge on any atom is -0.334 e. The molecule has 1 amide bonds. The molecule has 0 aliphatic rings. The lowest BCUT2D eigenvalue weighted by molar-refractivity contribution is 0.0783. The molecule has 1 N–H and O–H groups in total. The minimum absolute atomic E-state index is 0.0956. The van der Waals surface area contributed by atoms with Crippen molar-refractivity contribution in [2.45, 2.75) is 13.5 Å². The van der Waals surface area contributed by atoms with Crippen molar-refractivity contribution >= 4 is 16.8 Å². The number of rotatable bonds is 3. The topological polar surface area (TPSA) is 74.8 Å². The largest absolute Gasteiger partial charge is 0.334 e. The van der Waals surface area contributed by atoms with E-state index < -0.39 is 0 Å².